The number of nitrogens with zero attached hydrogens (tertiary/aromatic N) is 4. The molecular weight excluding hydrogens is 417 g/mol. The Bertz CT molecular complexity index is 1380. The summed E-state index contributed by atoms with van der Waals surface area (Å²) in [5.74, 6) is 0. The Morgan fingerprint density at radius 3 is 2.50 bits per heavy atom. The quantitative estimate of drug-likeness (QED) is 0.466. The second-order valence-electron chi connectivity index (χ2n) is 8.23. The Labute approximate surface area is 182 Å². The van der Waals surface area contributed by atoms with Crippen molar-refractivity contribution in [3.05, 3.63) is 82.2 Å². The van der Waals surface area contributed by atoms with Crippen LogP contribution in [0.4, 0.5) is 13.2 Å². The molecule has 164 valence electrons. The molecule has 0 saturated heterocycles. The number of aryl methyl sites for hydroxylation is 1. The summed E-state index contributed by atoms with van der Waals surface area (Å²) in [6.45, 7) is 1.92. The van der Waals surface area contributed by atoms with Crippen molar-refractivity contribution in [2.24, 2.45) is 7.05 Å². The summed E-state index contributed by atoms with van der Waals surface area (Å²) >= 11 is 0. The highest BCUT2D eigenvalue weighted by Gasteiger charge is 2.32. The van der Waals surface area contributed by atoms with Gasteiger partial charge in [-0.2, -0.15) is 13.2 Å². The van der Waals surface area contributed by atoms with E-state index in [2.05, 4.69) is 34.6 Å². The number of pyridine rings is 2. The third kappa shape index (κ3) is 3.40. The fraction of sp³-hybridized carbons (Fsp3) is 0.250. The second-order valence-corrected chi connectivity index (χ2v) is 8.23. The maximum Gasteiger partial charge on any atom is 0.433 e. The molecule has 3 aromatic heterocycles. The Morgan fingerprint density at radius 2 is 1.81 bits per heavy atom. The van der Waals surface area contributed by atoms with E-state index in [0.29, 0.717) is 11.1 Å². The van der Waals surface area contributed by atoms with Crippen molar-refractivity contribution in [2.75, 3.05) is 13.6 Å². The van der Waals surface area contributed by atoms with Crippen molar-refractivity contribution in [1.29, 1.82) is 0 Å². The van der Waals surface area contributed by atoms with Gasteiger partial charge in [-0.3, -0.25) is 14.3 Å². The van der Waals surface area contributed by atoms with E-state index in [1.54, 1.807) is 16.8 Å². The first kappa shape index (κ1) is 20.5. The van der Waals surface area contributed by atoms with Gasteiger partial charge in [0.05, 0.1) is 11.2 Å². The topological polar surface area (TPSA) is 43.1 Å². The first-order valence-electron chi connectivity index (χ1n) is 10.3. The summed E-state index contributed by atoms with van der Waals surface area (Å²) < 4.78 is 42.0. The molecule has 0 unspecified atom stereocenters. The molecule has 0 fully saturated rings. The first-order chi connectivity index (χ1) is 15.2. The minimum Gasteiger partial charge on any atom is -0.347 e. The van der Waals surface area contributed by atoms with Gasteiger partial charge >= 0.3 is 6.18 Å². The van der Waals surface area contributed by atoms with Gasteiger partial charge < -0.3 is 9.47 Å². The van der Waals surface area contributed by atoms with E-state index in [1.165, 1.54) is 28.8 Å². The number of fused-ring (bicyclic) bond motifs is 3. The van der Waals surface area contributed by atoms with Crippen molar-refractivity contribution >= 4 is 10.9 Å². The molecule has 0 radical (unpaired) electrons. The minimum absolute atomic E-state index is 0.263. The van der Waals surface area contributed by atoms with Gasteiger partial charge in [0, 0.05) is 61.7 Å². The van der Waals surface area contributed by atoms with Crippen molar-refractivity contribution in [2.45, 2.75) is 19.1 Å². The summed E-state index contributed by atoms with van der Waals surface area (Å²) in [6, 6.07) is 11.4. The lowest BCUT2D eigenvalue weighted by molar-refractivity contribution is -0.141. The molecule has 1 aliphatic heterocycles. The Hall–Kier alpha value is -3.39. The van der Waals surface area contributed by atoms with E-state index in [4.69, 9.17) is 0 Å². The molecule has 5 nitrogen and oxygen atoms in total. The predicted octanol–water partition coefficient (Wildman–Crippen LogP) is 4.40. The Morgan fingerprint density at radius 1 is 1.00 bits per heavy atom. The number of aromatic nitrogens is 3. The van der Waals surface area contributed by atoms with Crippen LogP contribution in [0, 0.1) is 0 Å². The summed E-state index contributed by atoms with van der Waals surface area (Å²) in [5, 5.41) is 1.19. The zero-order chi connectivity index (χ0) is 22.6. The number of likely N-dealkylation sites (N-methyl/N-ethyl adjacent to an activating group) is 1. The molecule has 0 N–H and O–H groups in total. The van der Waals surface area contributed by atoms with Gasteiger partial charge in [0.15, 0.2) is 0 Å². The van der Waals surface area contributed by atoms with E-state index in [1.807, 2.05) is 12.1 Å². The molecular formula is C24H21F3N4O. The lowest BCUT2D eigenvalue weighted by atomic mass is 10.0. The highest BCUT2D eigenvalue weighted by Crippen LogP contribution is 2.31. The summed E-state index contributed by atoms with van der Waals surface area (Å²) in [5.41, 5.74) is 4.23. The second kappa shape index (κ2) is 7.34. The average Bonchev–Trinajstić information content (AvgIpc) is 3.04. The number of alkyl halides is 3. The smallest absolute Gasteiger partial charge is 0.347 e. The SMILES string of the molecule is CN1CCc2c(c3ccc(-n4ccc(-c5ccc(C(F)(F)F)nc5)cc4=O)cc3n2C)C1. The number of benzene rings is 1. The number of rotatable bonds is 2. The van der Waals surface area contributed by atoms with Gasteiger partial charge in [0.2, 0.25) is 0 Å². The molecule has 0 saturated carbocycles. The van der Waals surface area contributed by atoms with Crippen LogP contribution in [-0.2, 0) is 26.2 Å². The summed E-state index contributed by atoms with van der Waals surface area (Å²) in [4.78, 5) is 18.6. The lowest BCUT2D eigenvalue weighted by Crippen LogP contribution is -2.26. The van der Waals surface area contributed by atoms with Crippen LogP contribution in [0.3, 0.4) is 0 Å². The van der Waals surface area contributed by atoms with Crippen LogP contribution >= 0.6 is 0 Å². The summed E-state index contributed by atoms with van der Waals surface area (Å²) in [7, 11) is 4.17. The molecule has 8 heteroatoms. The van der Waals surface area contributed by atoms with E-state index in [9.17, 15) is 18.0 Å². The van der Waals surface area contributed by atoms with E-state index in [0.717, 1.165) is 43.0 Å². The van der Waals surface area contributed by atoms with Gasteiger partial charge in [-0.25, -0.2) is 0 Å². The van der Waals surface area contributed by atoms with E-state index >= 15 is 0 Å². The van der Waals surface area contributed by atoms with Crippen LogP contribution in [0.2, 0.25) is 0 Å². The van der Waals surface area contributed by atoms with Crippen molar-refractivity contribution in [3.63, 3.8) is 0 Å². The molecule has 1 aromatic carbocycles. The molecule has 0 aliphatic carbocycles. The lowest BCUT2D eigenvalue weighted by Gasteiger charge is -2.23. The first-order valence-corrected chi connectivity index (χ1v) is 10.3. The third-order valence-electron chi connectivity index (χ3n) is 6.16. The number of hydrogen-bond acceptors (Lipinski definition) is 3. The maximum atomic E-state index is 12.8. The average molecular weight is 438 g/mol. The Balaban J connectivity index is 1.52. The standard InChI is InChI=1S/C24H21F3N4O/c1-29-9-8-20-19(14-29)18-5-4-17(12-21(18)30(20)2)31-10-7-15(11-23(31)32)16-3-6-22(28-13-16)24(25,26)27/h3-7,10-13H,8-9,14H2,1-2H3. The van der Waals surface area contributed by atoms with Crippen molar-refractivity contribution in [3.8, 4) is 16.8 Å². The molecule has 4 heterocycles. The van der Waals surface area contributed by atoms with Gasteiger partial charge in [0.25, 0.3) is 5.56 Å². The fourth-order valence-corrected chi connectivity index (χ4v) is 4.45. The van der Waals surface area contributed by atoms with Crippen LogP contribution < -0.4 is 5.56 Å². The van der Waals surface area contributed by atoms with Crippen LogP contribution in [0.25, 0.3) is 27.7 Å². The monoisotopic (exact) mass is 438 g/mol. The zero-order valence-corrected chi connectivity index (χ0v) is 17.6. The minimum atomic E-state index is -4.49. The molecule has 0 spiro atoms. The highest BCUT2D eigenvalue weighted by molar-refractivity contribution is 5.87. The molecule has 0 atom stereocenters. The van der Waals surface area contributed by atoms with Gasteiger partial charge in [-0.15, -0.1) is 0 Å². The molecule has 4 aromatic rings. The van der Waals surface area contributed by atoms with Crippen LogP contribution in [0.5, 0.6) is 0 Å². The Kier molecular flexibility index (Phi) is 4.70. The predicted molar refractivity (Wildman–Crippen MR) is 117 cm³/mol. The van der Waals surface area contributed by atoms with Crippen LogP contribution in [0.15, 0.2) is 59.7 Å². The normalized spacial score (nSPS) is 14.7. The third-order valence-corrected chi connectivity index (χ3v) is 6.16. The van der Waals surface area contributed by atoms with Crippen molar-refractivity contribution < 1.29 is 13.2 Å². The van der Waals surface area contributed by atoms with Gasteiger partial charge in [0.1, 0.15) is 5.69 Å². The van der Waals surface area contributed by atoms with Gasteiger partial charge in [-0.1, -0.05) is 12.1 Å². The molecule has 5 rings (SSSR count). The van der Waals surface area contributed by atoms with Gasteiger partial charge in [-0.05, 0) is 42.4 Å². The highest BCUT2D eigenvalue weighted by atomic mass is 19.4. The molecule has 1 aliphatic rings. The number of hydrogen-bond donors (Lipinski definition) is 0. The maximum absolute atomic E-state index is 12.8. The van der Waals surface area contributed by atoms with E-state index < -0.39 is 11.9 Å². The van der Waals surface area contributed by atoms with Crippen molar-refractivity contribution in [1.82, 2.24) is 19.0 Å². The molecule has 0 amide bonds. The molecule has 0 bridgehead atoms. The zero-order valence-electron chi connectivity index (χ0n) is 17.6. The largest absolute Gasteiger partial charge is 0.433 e. The van der Waals surface area contributed by atoms with Crippen LogP contribution in [-0.4, -0.2) is 32.6 Å². The number of halogens is 3. The molecule has 32 heavy (non-hydrogen) atoms. The summed E-state index contributed by atoms with van der Waals surface area (Å²) in [6.07, 6.45) is -0.721. The van der Waals surface area contributed by atoms with Crippen LogP contribution in [0.1, 0.15) is 17.0 Å². The fourth-order valence-electron chi connectivity index (χ4n) is 4.45. The van der Waals surface area contributed by atoms with E-state index in [-0.39, 0.29) is 5.56 Å².